The van der Waals surface area contributed by atoms with Crippen LogP contribution in [0.3, 0.4) is 0 Å². The summed E-state index contributed by atoms with van der Waals surface area (Å²) in [7, 11) is -4.72. The second kappa shape index (κ2) is 13.5. The van der Waals surface area contributed by atoms with E-state index in [1.807, 2.05) is 18.2 Å². The SMILES string of the molecule is CCC[C@]12O[C@@H]3CCC(=O)[C@@]1(O)[C@@H]3[C@@H](O[Si](CC)(CC)CC)[C@H](OCc1ccccc1)[C@H]2O[Si](C(C)C)(C(C)C)C(C)C. The first-order valence-corrected chi connectivity index (χ1v) is 22.0. The van der Waals surface area contributed by atoms with Crippen LogP contribution in [0, 0.1) is 5.92 Å². The molecule has 2 saturated carbocycles. The number of Topliss-reactive ketones (excluding diaryl/α,β-unsaturated/α-hetero) is 1. The molecule has 1 aromatic carbocycles. The molecular weight excluding hydrogens is 573 g/mol. The summed E-state index contributed by atoms with van der Waals surface area (Å²) in [6.07, 6.45) is 0.418. The van der Waals surface area contributed by atoms with E-state index in [1.54, 1.807) is 0 Å². The summed E-state index contributed by atoms with van der Waals surface area (Å²) in [6.45, 7) is 22.9. The lowest BCUT2D eigenvalue weighted by Crippen LogP contribution is -2.78. The van der Waals surface area contributed by atoms with Crippen molar-refractivity contribution in [2.45, 2.75) is 172 Å². The van der Waals surface area contributed by atoms with Gasteiger partial charge in [-0.05, 0) is 53.2 Å². The van der Waals surface area contributed by atoms with Gasteiger partial charge in [0.25, 0.3) is 0 Å². The Balaban J connectivity index is 1.97. The van der Waals surface area contributed by atoms with Crippen LogP contribution in [0.2, 0.25) is 34.8 Å². The van der Waals surface area contributed by atoms with Gasteiger partial charge in [-0.3, -0.25) is 4.79 Å². The average molecular weight is 633 g/mol. The summed E-state index contributed by atoms with van der Waals surface area (Å²) in [5, 5.41) is 13.0. The van der Waals surface area contributed by atoms with Crippen molar-refractivity contribution in [3.8, 4) is 0 Å². The van der Waals surface area contributed by atoms with E-state index in [4.69, 9.17) is 18.3 Å². The first-order chi connectivity index (χ1) is 20.3. The number of carbonyl (C=O) groups is 1. The number of hydrogen-bond acceptors (Lipinski definition) is 6. The van der Waals surface area contributed by atoms with Crippen LogP contribution < -0.4 is 0 Å². The predicted octanol–water partition coefficient (Wildman–Crippen LogP) is 8.18. The van der Waals surface area contributed by atoms with Crippen LogP contribution in [0.1, 0.15) is 100 Å². The molecule has 7 atom stereocenters. The van der Waals surface area contributed by atoms with E-state index in [2.05, 4.69) is 81.4 Å². The Hall–Kier alpha value is -0.876. The molecule has 0 unspecified atom stereocenters. The van der Waals surface area contributed by atoms with Crippen LogP contribution in [0.15, 0.2) is 30.3 Å². The Bertz CT molecular complexity index is 1050. The van der Waals surface area contributed by atoms with Gasteiger partial charge in [0, 0.05) is 6.42 Å². The summed E-state index contributed by atoms with van der Waals surface area (Å²) in [5.41, 5.74) is -0.784. The van der Waals surface area contributed by atoms with Crippen LogP contribution in [-0.2, 0) is 29.7 Å². The third kappa shape index (κ3) is 5.59. The van der Waals surface area contributed by atoms with Crippen molar-refractivity contribution in [2.24, 2.45) is 5.92 Å². The highest BCUT2D eigenvalue weighted by Crippen LogP contribution is 2.62. The first kappa shape index (κ1) is 35.0. The van der Waals surface area contributed by atoms with Gasteiger partial charge in [-0.2, -0.15) is 0 Å². The van der Waals surface area contributed by atoms with Gasteiger partial charge in [0.2, 0.25) is 8.32 Å². The van der Waals surface area contributed by atoms with E-state index in [1.165, 1.54) is 0 Å². The Kier molecular flexibility index (Phi) is 11.0. The molecule has 3 fully saturated rings. The van der Waals surface area contributed by atoms with Crippen LogP contribution in [-0.4, -0.2) is 63.1 Å². The Morgan fingerprint density at radius 1 is 0.907 bits per heavy atom. The van der Waals surface area contributed by atoms with Crippen molar-refractivity contribution in [1.82, 2.24) is 0 Å². The van der Waals surface area contributed by atoms with E-state index in [9.17, 15) is 9.90 Å². The first-order valence-electron chi connectivity index (χ1n) is 17.3. The highest BCUT2D eigenvalue weighted by atomic mass is 28.4. The number of hydrogen-bond donors (Lipinski definition) is 1. The lowest BCUT2D eigenvalue weighted by atomic mass is 9.57. The lowest BCUT2D eigenvalue weighted by Gasteiger charge is -2.59. The Labute approximate surface area is 263 Å². The minimum atomic E-state index is -2.52. The molecule has 1 aromatic rings. The number of rotatable bonds is 15. The number of ether oxygens (including phenoxy) is 2. The third-order valence-corrected chi connectivity index (χ3v) is 22.4. The molecule has 1 aliphatic heterocycles. The molecule has 1 saturated heterocycles. The van der Waals surface area contributed by atoms with Crippen LogP contribution in [0.25, 0.3) is 0 Å². The molecule has 3 aliphatic rings. The molecule has 244 valence electrons. The number of carbonyl (C=O) groups excluding carboxylic acids is 1. The molecular formula is C35H60O6Si2. The zero-order chi connectivity index (χ0) is 31.8. The zero-order valence-electron chi connectivity index (χ0n) is 28.7. The van der Waals surface area contributed by atoms with Crippen molar-refractivity contribution >= 4 is 22.4 Å². The van der Waals surface area contributed by atoms with Crippen molar-refractivity contribution in [3.05, 3.63) is 35.9 Å². The molecule has 0 radical (unpaired) electrons. The van der Waals surface area contributed by atoms with Crippen LogP contribution in [0.5, 0.6) is 0 Å². The fourth-order valence-corrected chi connectivity index (χ4v) is 17.9. The molecule has 0 amide bonds. The van der Waals surface area contributed by atoms with Gasteiger partial charge in [-0.15, -0.1) is 0 Å². The van der Waals surface area contributed by atoms with E-state index in [0.717, 1.165) is 30.1 Å². The number of ketones is 1. The molecule has 43 heavy (non-hydrogen) atoms. The minimum Gasteiger partial charge on any atom is -0.411 e. The normalized spacial score (nSPS) is 32.8. The Morgan fingerprint density at radius 2 is 1.49 bits per heavy atom. The van der Waals surface area contributed by atoms with Gasteiger partial charge >= 0.3 is 0 Å². The fraction of sp³-hybridized carbons (Fsp3) is 0.800. The van der Waals surface area contributed by atoms with Crippen molar-refractivity contribution < 1.29 is 28.2 Å². The largest absolute Gasteiger partial charge is 0.411 e. The monoisotopic (exact) mass is 632 g/mol. The fourth-order valence-electron chi connectivity index (χ4n) is 9.42. The van der Waals surface area contributed by atoms with Gasteiger partial charge in [-0.25, -0.2) is 0 Å². The van der Waals surface area contributed by atoms with Gasteiger partial charge < -0.3 is 23.4 Å². The number of aliphatic hydroxyl groups is 1. The molecule has 8 heteroatoms. The average Bonchev–Trinajstić information content (AvgIpc) is 3.09. The van der Waals surface area contributed by atoms with Gasteiger partial charge in [0.15, 0.2) is 19.7 Å². The van der Waals surface area contributed by atoms with Gasteiger partial charge in [-0.1, -0.05) is 106 Å². The lowest BCUT2D eigenvalue weighted by molar-refractivity contribution is -0.251. The zero-order valence-corrected chi connectivity index (χ0v) is 30.7. The number of benzene rings is 1. The van der Waals surface area contributed by atoms with Crippen molar-refractivity contribution in [2.75, 3.05) is 0 Å². The molecule has 1 heterocycles. The van der Waals surface area contributed by atoms with E-state index < -0.39 is 52.1 Å². The summed E-state index contributed by atoms with van der Waals surface area (Å²) in [4.78, 5) is 14.1. The topological polar surface area (TPSA) is 74.2 Å². The quantitative estimate of drug-likeness (QED) is 0.197. The predicted molar refractivity (Wildman–Crippen MR) is 178 cm³/mol. The smallest absolute Gasteiger partial charge is 0.201 e. The molecule has 2 aliphatic carbocycles. The molecule has 1 N–H and O–H groups in total. The molecule has 4 bridgehead atoms. The highest BCUT2D eigenvalue weighted by molar-refractivity contribution is 6.77. The minimum absolute atomic E-state index is 0.105. The second-order valence-corrected chi connectivity index (χ2v) is 24.6. The van der Waals surface area contributed by atoms with Crippen molar-refractivity contribution in [1.29, 1.82) is 0 Å². The summed E-state index contributed by atoms with van der Waals surface area (Å²) >= 11 is 0. The summed E-state index contributed by atoms with van der Waals surface area (Å²) in [5.74, 6) is -0.572. The van der Waals surface area contributed by atoms with Crippen molar-refractivity contribution in [3.63, 3.8) is 0 Å². The molecule has 0 spiro atoms. The summed E-state index contributed by atoms with van der Waals surface area (Å²) in [6, 6.07) is 13.2. The van der Waals surface area contributed by atoms with E-state index >= 15 is 0 Å². The summed E-state index contributed by atoms with van der Waals surface area (Å²) < 4.78 is 29.3. The van der Waals surface area contributed by atoms with E-state index in [-0.39, 0.29) is 11.9 Å². The Morgan fingerprint density at radius 3 is 2.00 bits per heavy atom. The maximum absolute atomic E-state index is 14.1. The van der Waals surface area contributed by atoms with Crippen LogP contribution >= 0.6 is 0 Å². The third-order valence-electron chi connectivity index (χ3n) is 11.7. The standard InChI is InChI=1S/C35H60O6Si2/c1-11-22-34-33(41-43(24(5)6,25(7)8)26(9)10)32(38-23-27-18-16-15-17-19-27)31(40-42(12-2,13-3)14-4)30-28(39-34)20-21-29(36)35(30,34)37/h15-19,24-26,28,30-33,37H,11-14,20-23H2,1-10H3/t28-,30+,31-,32+,33-,34-,35-/m1/s1. The van der Waals surface area contributed by atoms with Gasteiger partial charge in [0.1, 0.15) is 17.8 Å². The maximum Gasteiger partial charge on any atom is 0.201 e. The molecule has 4 rings (SSSR count). The van der Waals surface area contributed by atoms with Crippen LogP contribution in [0.4, 0.5) is 0 Å². The van der Waals surface area contributed by atoms with Gasteiger partial charge in [0.05, 0.1) is 24.7 Å². The second-order valence-electron chi connectivity index (χ2n) is 14.5. The highest BCUT2D eigenvalue weighted by Gasteiger charge is 2.80. The molecule has 0 aromatic heterocycles. The van der Waals surface area contributed by atoms with E-state index in [0.29, 0.717) is 42.5 Å². The molecule has 6 nitrogen and oxygen atoms in total. The maximum atomic E-state index is 14.1.